The summed E-state index contributed by atoms with van der Waals surface area (Å²) in [6.45, 7) is 8.02. The van der Waals surface area contributed by atoms with Crippen molar-refractivity contribution in [2.45, 2.75) is 58.0 Å². The van der Waals surface area contributed by atoms with Gasteiger partial charge in [0.2, 0.25) is 15.9 Å². The molecule has 0 aromatic heterocycles. The highest BCUT2D eigenvalue weighted by molar-refractivity contribution is 7.89. The van der Waals surface area contributed by atoms with Crippen molar-refractivity contribution in [2.75, 3.05) is 23.7 Å². The maximum absolute atomic E-state index is 13.4. The third-order valence-electron chi connectivity index (χ3n) is 6.55. The van der Waals surface area contributed by atoms with Crippen LogP contribution in [0.25, 0.3) is 0 Å². The lowest BCUT2D eigenvalue weighted by atomic mass is 9.97. The first-order chi connectivity index (χ1) is 16.1. The van der Waals surface area contributed by atoms with E-state index in [1.54, 1.807) is 13.0 Å². The lowest BCUT2D eigenvalue weighted by Crippen LogP contribution is -2.41. The van der Waals surface area contributed by atoms with E-state index in [0.29, 0.717) is 36.3 Å². The Morgan fingerprint density at radius 3 is 2.47 bits per heavy atom. The Morgan fingerprint density at radius 2 is 1.82 bits per heavy atom. The molecule has 4 rings (SSSR count). The van der Waals surface area contributed by atoms with Crippen LogP contribution in [0, 0.1) is 26.7 Å². The van der Waals surface area contributed by atoms with Crippen LogP contribution in [0.5, 0.6) is 5.75 Å². The molecule has 2 amide bonds. The molecule has 1 fully saturated rings. The fourth-order valence-corrected chi connectivity index (χ4v) is 6.21. The number of sulfonamides is 1. The second-order valence-electron chi connectivity index (χ2n) is 9.10. The second kappa shape index (κ2) is 9.38. The number of rotatable bonds is 5. The monoisotopic (exact) mass is 485 g/mol. The van der Waals surface area contributed by atoms with Crippen molar-refractivity contribution in [3.8, 4) is 5.75 Å². The van der Waals surface area contributed by atoms with Crippen LogP contribution in [-0.4, -0.2) is 43.7 Å². The highest BCUT2D eigenvalue weighted by Crippen LogP contribution is 2.36. The molecule has 2 N–H and O–H groups in total. The van der Waals surface area contributed by atoms with Gasteiger partial charge >= 0.3 is 0 Å². The first-order valence-corrected chi connectivity index (χ1v) is 13.0. The number of aryl methyl sites for hydroxylation is 3. The average molecular weight is 486 g/mol. The standard InChI is InChI=1S/C25H31N3O5S/c1-5-21-25(30)27-20-13-17(4)23(14-22(20)33-21)34(31,32)28-10-8-18(9-11-28)24(29)26-19-7-6-15(2)12-16(19)3/h6-7,12-14,18,21H,5,8-11H2,1-4H3,(H,26,29)(H,27,30). The second-order valence-corrected chi connectivity index (χ2v) is 11.0. The molecule has 0 radical (unpaired) electrons. The first kappa shape index (κ1) is 24.2. The van der Waals surface area contributed by atoms with Crippen LogP contribution in [0.15, 0.2) is 35.2 Å². The summed E-state index contributed by atoms with van der Waals surface area (Å²) >= 11 is 0. The van der Waals surface area contributed by atoms with Gasteiger partial charge in [-0.25, -0.2) is 8.42 Å². The zero-order valence-corrected chi connectivity index (χ0v) is 20.8. The highest BCUT2D eigenvalue weighted by atomic mass is 32.2. The Balaban J connectivity index is 1.46. The molecule has 2 aromatic carbocycles. The van der Waals surface area contributed by atoms with Crippen LogP contribution in [0.2, 0.25) is 0 Å². The SMILES string of the molecule is CCC1Oc2cc(S(=O)(=O)N3CCC(C(=O)Nc4ccc(C)cc4C)CC3)c(C)cc2NC1=O. The van der Waals surface area contributed by atoms with Crippen LogP contribution in [-0.2, 0) is 19.6 Å². The molecule has 2 aliphatic heterocycles. The minimum atomic E-state index is -3.77. The molecule has 0 aliphatic carbocycles. The van der Waals surface area contributed by atoms with E-state index >= 15 is 0 Å². The van der Waals surface area contributed by atoms with Gasteiger partial charge < -0.3 is 15.4 Å². The van der Waals surface area contributed by atoms with Gasteiger partial charge in [0, 0.05) is 30.8 Å². The van der Waals surface area contributed by atoms with Gasteiger partial charge in [-0.2, -0.15) is 4.31 Å². The van der Waals surface area contributed by atoms with Crippen LogP contribution in [0.3, 0.4) is 0 Å². The van der Waals surface area contributed by atoms with Crippen molar-refractivity contribution < 1.29 is 22.7 Å². The molecule has 1 unspecified atom stereocenters. The van der Waals surface area contributed by atoms with Crippen LogP contribution >= 0.6 is 0 Å². The van der Waals surface area contributed by atoms with E-state index in [1.807, 2.05) is 39.0 Å². The van der Waals surface area contributed by atoms with E-state index in [9.17, 15) is 18.0 Å². The quantitative estimate of drug-likeness (QED) is 0.671. The number of piperidine rings is 1. The third kappa shape index (κ3) is 4.67. The molecule has 2 aromatic rings. The average Bonchev–Trinajstić information content (AvgIpc) is 2.80. The van der Waals surface area contributed by atoms with Crippen molar-refractivity contribution in [2.24, 2.45) is 5.92 Å². The van der Waals surface area contributed by atoms with Gasteiger partial charge in [0.05, 0.1) is 10.6 Å². The Morgan fingerprint density at radius 1 is 1.12 bits per heavy atom. The largest absolute Gasteiger partial charge is 0.478 e. The third-order valence-corrected chi connectivity index (χ3v) is 8.59. The Hall–Kier alpha value is -2.91. The maximum atomic E-state index is 13.4. The van der Waals surface area contributed by atoms with E-state index in [0.717, 1.165) is 16.8 Å². The van der Waals surface area contributed by atoms with Crippen molar-refractivity contribution in [1.29, 1.82) is 0 Å². The van der Waals surface area contributed by atoms with Gasteiger partial charge in [-0.15, -0.1) is 0 Å². The van der Waals surface area contributed by atoms with Gasteiger partial charge in [0.15, 0.2) is 6.10 Å². The summed E-state index contributed by atoms with van der Waals surface area (Å²) in [5.41, 5.74) is 3.93. The van der Waals surface area contributed by atoms with Crippen molar-refractivity contribution in [3.63, 3.8) is 0 Å². The number of carbonyl (C=O) groups excluding carboxylic acids is 2. The zero-order valence-electron chi connectivity index (χ0n) is 20.0. The van der Waals surface area contributed by atoms with E-state index in [1.165, 1.54) is 10.4 Å². The molecule has 8 nitrogen and oxygen atoms in total. The van der Waals surface area contributed by atoms with Crippen LogP contribution < -0.4 is 15.4 Å². The molecule has 2 heterocycles. The number of ether oxygens (including phenoxy) is 1. The number of benzene rings is 2. The van der Waals surface area contributed by atoms with Crippen LogP contribution in [0.1, 0.15) is 42.9 Å². The van der Waals surface area contributed by atoms with Crippen molar-refractivity contribution in [3.05, 3.63) is 47.0 Å². The zero-order chi connectivity index (χ0) is 24.6. The minimum Gasteiger partial charge on any atom is -0.478 e. The van der Waals surface area contributed by atoms with Crippen LogP contribution in [0.4, 0.5) is 11.4 Å². The molecule has 0 saturated carbocycles. The van der Waals surface area contributed by atoms with E-state index in [2.05, 4.69) is 10.6 Å². The molecule has 182 valence electrons. The fraction of sp³-hybridized carbons (Fsp3) is 0.440. The van der Waals surface area contributed by atoms with E-state index in [4.69, 9.17) is 4.74 Å². The maximum Gasteiger partial charge on any atom is 0.265 e. The van der Waals surface area contributed by atoms with Gasteiger partial charge in [0.25, 0.3) is 5.91 Å². The van der Waals surface area contributed by atoms with Gasteiger partial charge in [-0.05, 0) is 63.3 Å². The van der Waals surface area contributed by atoms with Crippen molar-refractivity contribution >= 4 is 33.2 Å². The van der Waals surface area contributed by atoms with Gasteiger partial charge in [-0.1, -0.05) is 24.6 Å². The molecule has 0 spiro atoms. The number of nitrogens with one attached hydrogen (secondary N) is 2. The Labute approximate surface area is 200 Å². The Kier molecular flexibility index (Phi) is 6.69. The lowest BCUT2D eigenvalue weighted by molar-refractivity contribution is -0.123. The predicted octanol–water partition coefficient (Wildman–Crippen LogP) is 3.76. The predicted molar refractivity (Wildman–Crippen MR) is 131 cm³/mol. The number of carbonyl (C=O) groups is 2. The lowest BCUT2D eigenvalue weighted by Gasteiger charge is -2.32. The van der Waals surface area contributed by atoms with E-state index in [-0.39, 0.29) is 35.7 Å². The summed E-state index contributed by atoms with van der Waals surface area (Å²) in [5, 5.41) is 5.78. The Bertz CT molecular complexity index is 1230. The minimum absolute atomic E-state index is 0.0799. The number of fused-ring (bicyclic) bond motifs is 1. The van der Waals surface area contributed by atoms with Gasteiger partial charge in [0.1, 0.15) is 5.75 Å². The summed E-state index contributed by atoms with van der Waals surface area (Å²) in [5.74, 6) is -0.200. The summed E-state index contributed by atoms with van der Waals surface area (Å²) in [6.07, 6.45) is 0.741. The molecular formula is C25H31N3O5S. The normalized spacial score (nSPS) is 19.2. The molecule has 0 bridgehead atoms. The summed E-state index contributed by atoms with van der Waals surface area (Å²) in [7, 11) is -3.77. The number of hydrogen-bond donors (Lipinski definition) is 2. The topological polar surface area (TPSA) is 105 Å². The number of amides is 2. The fourth-order valence-electron chi connectivity index (χ4n) is 4.52. The molecule has 2 aliphatic rings. The summed E-state index contributed by atoms with van der Waals surface area (Å²) in [6, 6.07) is 9.01. The van der Waals surface area contributed by atoms with E-state index < -0.39 is 16.1 Å². The molecule has 9 heteroatoms. The molecule has 1 saturated heterocycles. The smallest absolute Gasteiger partial charge is 0.265 e. The highest BCUT2D eigenvalue weighted by Gasteiger charge is 2.35. The number of nitrogens with zero attached hydrogens (tertiary/aromatic N) is 1. The number of hydrogen-bond acceptors (Lipinski definition) is 5. The molecular weight excluding hydrogens is 454 g/mol. The first-order valence-electron chi connectivity index (χ1n) is 11.6. The van der Waals surface area contributed by atoms with Gasteiger partial charge in [-0.3, -0.25) is 9.59 Å². The van der Waals surface area contributed by atoms with Crippen molar-refractivity contribution in [1.82, 2.24) is 4.31 Å². The molecule has 1 atom stereocenters. The summed E-state index contributed by atoms with van der Waals surface area (Å²) in [4.78, 5) is 25.0. The summed E-state index contributed by atoms with van der Waals surface area (Å²) < 4.78 is 34.0. The molecule has 34 heavy (non-hydrogen) atoms. The number of anilines is 2.